The molecule has 0 unspecified atom stereocenters. The summed E-state index contributed by atoms with van der Waals surface area (Å²) in [7, 11) is 2.44. The van der Waals surface area contributed by atoms with Crippen molar-refractivity contribution in [1.82, 2.24) is 0 Å². The summed E-state index contributed by atoms with van der Waals surface area (Å²) in [6.07, 6.45) is -0.886. The van der Waals surface area contributed by atoms with Gasteiger partial charge < -0.3 is 24.3 Å². The van der Waals surface area contributed by atoms with E-state index >= 15 is 0 Å². The van der Waals surface area contributed by atoms with Crippen molar-refractivity contribution in [1.29, 1.82) is 0 Å². The number of fused-ring (bicyclic) bond motifs is 1. The van der Waals surface area contributed by atoms with Gasteiger partial charge in [0.2, 0.25) is 6.10 Å². The standard InChI is InChI=1S/C19H17NO7/c1-24-18(22)11-7-12(19(23)25-2)9-13(8-11)20-17(21)16-10-26-14-5-3-4-6-15(14)27-16/h3-9,16H,10H2,1-2H3,(H,20,21)/t16-/m1/s1. The van der Waals surface area contributed by atoms with E-state index in [0.29, 0.717) is 11.5 Å². The van der Waals surface area contributed by atoms with E-state index in [-0.39, 0.29) is 23.4 Å². The van der Waals surface area contributed by atoms with Crippen LogP contribution in [0.2, 0.25) is 0 Å². The molecule has 2 aromatic rings. The Balaban J connectivity index is 1.81. The molecule has 0 aliphatic carbocycles. The van der Waals surface area contributed by atoms with Crippen molar-refractivity contribution in [3.05, 3.63) is 53.6 Å². The number of esters is 2. The third kappa shape index (κ3) is 4.00. The number of rotatable bonds is 4. The summed E-state index contributed by atoms with van der Waals surface area (Å²) >= 11 is 0. The first-order chi connectivity index (χ1) is 13.0. The van der Waals surface area contributed by atoms with Crippen LogP contribution in [-0.2, 0) is 14.3 Å². The fourth-order valence-corrected chi connectivity index (χ4v) is 2.54. The SMILES string of the molecule is COC(=O)c1cc(NC(=O)[C@H]2COc3ccccc3O2)cc(C(=O)OC)c1. The second kappa shape index (κ2) is 7.77. The highest BCUT2D eigenvalue weighted by atomic mass is 16.6. The number of nitrogens with one attached hydrogen (secondary N) is 1. The third-order valence-electron chi connectivity index (χ3n) is 3.84. The van der Waals surface area contributed by atoms with E-state index in [1.54, 1.807) is 24.3 Å². The summed E-state index contributed by atoms with van der Waals surface area (Å²) in [5, 5.41) is 2.62. The molecule has 27 heavy (non-hydrogen) atoms. The number of hydrogen-bond acceptors (Lipinski definition) is 7. The molecule has 1 heterocycles. The molecular formula is C19H17NO7. The van der Waals surface area contributed by atoms with Crippen molar-refractivity contribution in [2.24, 2.45) is 0 Å². The second-order valence-corrected chi connectivity index (χ2v) is 5.64. The van der Waals surface area contributed by atoms with Gasteiger partial charge in [-0.05, 0) is 30.3 Å². The normalized spacial score (nSPS) is 14.8. The zero-order chi connectivity index (χ0) is 19.4. The molecule has 0 radical (unpaired) electrons. The number of amides is 1. The predicted molar refractivity (Wildman–Crippen MR) is 94.1 cm³/mol. The van der Waals surface area contributed by atoms with Gasteiger partial charge in [-0.1, -0.05) is 12.1 Å². The van der Waals surface area contributed by atoms with Crippen molar-refractivity contribution < 1.29 is 33.3 Å². The minimum atomic E-state index is -0.886. The lowest BCUT2D eigenvalue weighted by Crippen LogP contribution is -2.40. The van der Waals surface area contributed by atoms with Gasteiger partial charge in [0.15, 0.2) is 11.5 Å². The van der Waals surface area contributed by atoms with E-state index in [0.717, 1.165) is 0 Å². The summed E-state index contributed by atoms with van der Waals surface area (Å²) in [5.41, 5.74) is 0.425. The van der Waals surface area contributed by atoms with Crippen LogP contribution < -0.4 is 14.8 Å². The molecule has 3 rings (SSSR count). The van der Waals surface area contributed by atoms with Crippen LogP contribution in [-0.4, -0.2) is 44.8 Å². The van der Waals surface area contributed by atoms with E-state index < -0.39 is 23.9 Å². The highest BCUT2D eigenvalue weighted by Crippen LogP contribution is 2.31. The molecule has 0 fully saturated rings. The van der Waals surface area contributed by atoms with E-state index in [1.165, 1.54) is 32.4 Å². The number of hydrogen-bond donors (Lipinski definition) is 1. The molecule has 1 atom stereocenters. The maximum Gasteiger partial charge on any atom is 0.337 e. The van der Waals surface area contributed by atoms with Crippen LogP contribution >= 0.6 is 0 Å². The number of carbonyl (C=O) groups is 3. The lowest BCUT2D eigenvalue weighted by Gasteiger charge is -2.25. The van der Waals surface area contributed by atoms with Gasteiger partial charge in [-0.25, -0.2) is 9.59 Å². The molecule has 0 saturated carbocycles. The first-order valence-electron chi connectivity index (χ1n) is 8.03. The maximum atomic E-state index is 12.5. The monoisotopic (exact) mass is 371 g/mol. The van der Waals surface area contributed by atoms with Crippen LogP contribution in [0.3, 0.4) is 0 Å². The highest BCUT2D eigenvalue weighted by molar-refractivity contribution is 6.00. The summed E-state index contributed by atoms with van der Waals surface area (Å²) < 4.78 is 20.5. The molecule has 0 spiro atoms. The van der Waals surface area contributed by atoms with Crippen molar-refractivity contribution in [3.63, 3.8) is 0 Å². The molecule has 2 aromatic carbocycles. The van der Waals surface area contributed by atoms with E-state index in [4.69, 9.17) is 9.47 Å². The highest BCUT2D eigenvalue weighted by Gasteiger charge is 2.27. The number of para-hydroxylation sites is 2. The summed E-state index contributed by atoms with van der Waals surface area (Å²) in [6.45, 7) is 0.0311. The molecule has 1 aliphatic rings. The Labute approximate surface area is 155 Å². The largest absolute Gasteiger partial charge is 0.485 e. The fraction of sp³-hybridized carbons (Fsp3) is 0.211. The van der Waals surface area contributed by atoms with Crippen LogP contribution in [0.15, 0.2) is 42.5 Å². The van der Waals surface area contributed by atoms with Crippen LogP contribution in [0.5, 0.6) is 11.5 Å². The summed E-state index contributed by atoms with van der Waals surface area (Å²) in [5.74, 6) is -0.767. The van der Waals surface area contributed by atoms with E-state index in [1.807, 2.05) is 0 Å². The average molecular weight is 371 g/mol. The molecule has 8 nitrogen and oxygen atoms in total. The van der Waals surface area contributed by atoms with E-state index in [9.17, 15) is 14.4 Å². The smallest absolute Gasteiger partial charge is 0.337 e. The maximum absolute atomic E-state index is 12.5. The Morgan fingerprint density at radius 1 is 0.963 bits per heavy atom. The second-order valence-electron chi connectivity index (χ2n) is 5.64. The first-order valence-corrected chi connectivity index (χ1v) is 8.03. The summed E-state index contributed by atoms with van der Waals surface area (Å²) in [4.78, 5) is 36.2. The van der Waals surface area contributed by atoms with Crippen LogP contribution in [0.1, 0.15) is 20.7 Å². The lowest BCUT2D eigenvalue weighted by molar-refractivity contribution is -0.125. The average Bonchev–Trinajstić information content (AvgIpc) is 2.71. The molecule has 0 bridgehead atoms. The molecule has 1 aliphatic heterocycles. The van der Waals surface area contributed by atoms with Gasteiger partial charge in [0.25, 0.3) is 5.91 Å². The third-order valence-corrected chi connectivity index (χ3v) is 3.84. The van der Waals surface area contributed by atoms with Crippen molar-refractivity contribution in [2.75, 3.05) is 26.1 Å². The number of benzene rings is 2. The quantitative estimate of drug-likeness (QED) is 0.821. The number of methoxy groups -OCH3 is 2. The van der Waals surface area contributed by atoms with Gasteiger partial charge in [0.1, 0.15) is 6.61 Å². The van der Waals surface area contributed by atoms with Crippen molar-refractivity contribution in [3.8, 4) is 11.5 Å². The van der Waals surface area contributed by atoms with Crippen molar-refractivity contribution >= 4 is 23.5 Å². The van der Waals surface area contributed by atoms with Crippen molar-refractivity contribution in [2.45, 2.75) is 6.10 Å². The molecule has 140 valence electrons. The Morgan fingerprint density at radius 3 is 2.15 bits per heavy atom. The molecule has 1 amide bonds. The Hall–Kier alpha value is -3.55. The minimum Gasteiger partial charge on any atom is -0.485 e. The number of ether oxygens (including phenoxy) is 4. The van der Waals surface area contributed by atoms with Crippen LogP contribution in [0.4, 0.5) is 5.69 Å². The molecular weight excluding hydrogens is 354 g/mol. The van der Waals surface area contributed by atoms with Crippen LogP contribution in [0, 0.1) is 0 Å². The van der Waals surface area contributed by atoms with Gasteiger partial charge in [0, 0.05) is 5.69 Å². The number of anilines is 1. The Morgan fingerprint density at radius 2 is 1.56 bits per heavy atom. The predicted octanol–water partition coefficient (Wildman–Crippen LogP) is 2.04. The molecule has 0 saturated heterocycles. The zero-order valence-electron chi connectivity index (χ0n) is 14.7. The van der Waals surface area contributed by atoms with Gasteiger partial charge in [-0.15, -0.1) is 0 Å². The van der Waals surface area contributed by atoms with Gasteiger partial charge >= 0.3 is 11.9 Å². The zero-order valence-corrected chi connectivity index (χ0v) is 14.7. The fourth-order valence-electron chi connectivity index (χ4n) is 2.54. The lowest BCUT2D eigenvalue weighted by atomic mass is 10.1. The van der Waals surface area contributed by atoms with E-state index in [2.05, 4.69) is 14.8 Å². The molecule has 1 N–H and O–H groups in total. The van der Waals surface area contributed by atoms with Gasteiger partial charge in [-0.2, -0.15) is 0 Å². The topological polar surface area (TPSA) is 100 Å². The summed E-state index contributed by atoms with van der Waals surface area (Å²) in [6, 6.07) is 11.1. The number of carbonyl (C=O) groups excluding carboxylic acids is 3. The van der Waals surface area contributed by atoms with Crippen LogP contribution in [0.25, 0.3) is 0 Å². The minimum absolute atomic E-state index is 0.0311. The van der Waals surface area contributed by atoms with Gasteiger partial charge in [0.05, 0.1) is 25.3 Å². The Bertz CT molecular complexity index is 859. The van der Waals surface area contributed by atoms with Gasteiger partial charge in [-0.3, -0.25) is 4.79 Å². The Kier molecular flexibility index (Phi) is 5.25. The first kappa shape index (κ1) is 18.2. The molecule has 8 heteroatoms. The molecule has 0 aromatic heterocycles.